The Morgan fingerprint density at radius 1 is 1.31 bits per heavy atom. The van der Waals surface area contributed by atoms with Crippen molar-refractivity contribution in [2.45, 2.75) is 32.7 Å². The molecule has 0 rings (SSSR count). The number of carbonyl (C=O) groups is 2. The molecule has 0 aliphatic rings. The largest absolute Gasteiger partial charge is 0.354 e. The molecular formula is C10H22N3O2P. The average molecular weight is 247 g/mol. The predicted molar refractivity (Wildman–Crippen MR) is 68.1 cm³/mol. The minimum absolute atomic E-state index is 0.0688. The normalized spacial score (nSPS) is 12.2. The van der Waals surface area contributed by atoms with Crippen LogP contribution in [0.15, 0.2) is 0 Å². The predicted octanol–water partition coefficient (Wildman–Crippen LogP) is -0.170. The maximum atomic E-state index is 11.7. The van der Waals surface area contributed by atoms with E-state index in [-0.39, 0.29) is 17.7 Å². The molecule has 0 bridgehead atoms. The Kier molecular flexibility index (Phi) is 9.39. The van der Waals surface area contributed by atoms with Crippen LogP contribution in [-0.2, 0) is 9.59 Å². The van der Waals surface area contributed by atoms with Crippen molar-refractivity contribution in [3.63, 3.8) is 0 Å². The van der Waals surface area contributed by atoms with Gasteiger partial charge in [-0.1, -0.05) is 23.2 Å². The molecule has 0 saturated heterocycles. The Hall–Kier alpha value is -0.510. The summed E-state index contributed by atoms with van der Waals surface area (Å²) in [6.07, 6.45) is 0.940. The summed E-state index contributed by atoms with van der Waals surface area (Å²) in [5, 5.41) is 8.68. The van der Waals surface area contributed by atoms with Gasteiger partial charge in [-0.3, -0.25) is 14.7 Å². The first-order chi connectivity index (χ1) is 7.65. The Labute approximate surface area is 99.4 Å². The molecule has 0 fully saturated rings. The first kappa shape index (κ1) is 15.5. The lowest BCUT2D eigenvalue weighted by Gasteiger charge is -2.16. The zero-order valence-electron chi connectivity index (χ0n) is 10.0. The maximum Gasteiger partial charge on any atom is 0.238 e. The van der Waals surface area contributed by atoms with E-state index >= 15 is 0 Å². The molecule has 0 aliphatic carbocycles. The van der Waals surface area contributed by atoms with Crippen molar-refractivity contribution in [1.29, 1.82) is 0 Å². The second-order valence-electron chi connectivity index (χ2n) is 3.45. The molecule has 16 heavy (non-hydrogen) atoms. The monoisotopic (exact) mass is 247 g/mol. The smallest absolute Gasteiger partial charge is 0.238 e. The van der Waals surface area contributed by atoms with Crippen LogP contribution in [0.1, 0.15) is 26.7 Å². The van der Waals surface area contributed by atoms with Crippen LogP contribution in [0.4, 0.5) is 0 Å². The van der Waals surface area contributed by atoms with Gasteiger partial charge in [0, 0.05) is 25.9 Å². The van der Waals surface area contributed by atoms with Gasteiger partial charge >= 0.3 is 0 Å². The highest BCUT2D eigenvalue weighted by atomic mass is 31.0. The van der Waals surface area contributed by atoms with E-state index in [1.165, 1.54) is 0 Å². The van der Waals surface area contributed by atoms with Gasteiger partial charge in [-0.05, 0) is 6.54 Å². The molecule has 0 aromatic carbocycles. The molecule has 0 radical (unpaired) electrons. The lowest BCUT2D eigenvalue weighted by Crippen LogP contribution is -2.48. The van der Waals surface area contributed by atoms with Gasteiger partial charge in [0.05, 0.1) is 6.04 Å². The molecule has 0 heterocycles. The summed E-state index contributed by atoms with van der Waals surface area (Å²) in [5.41, 5.74) is 0. The van der Waals surface area contributed by atoms with Gasteiger partial charge in [0.15, 0.2) is 0 Å². The molecule has 94 valence electrons. The number of amides is 1. The topological polar surface area (TPSA) is 70.2 Å². The van der Waals surface area contributed by atoms with E-state index in [1.807, 2.05) is 13.8 Å². The van der Waals surface area contributed by atoms with Crippen molar-refractivity contribution in [2.24, 2.45) is 0 Å². The third-order valence-electron chi connectivity index (χ3n) is 2.19. The number of rotatable bonds is 9. The Balaban J connectivity index is 3.86. The van der Waals surface area contributed by atoms with E-state index in [4.69, 9.17) is 0 Å². The molecule has 0 aromatic rings. The highest BCUT2D eigenvalue weighted by Gasteiger charge is 2.15. The minimum Gasteiger partial charge on any atom is -0.354 e. The highest BCUT2D eigenvalue weighted by Crippen LogP contribution is 1.89. The summed E-state index contributed by atoms with van der Waals surface area (Å²) in [7, 11) is 2.37. The molecule has 0 saturated carbocycles. The summed E-state index contributed by atoms with van der Waals surface area (Å²) in [6, 6.07) is -0.251. The Bertz CT molecular complexity index is 218. The van der Waals surface area contributed by atoms with Crippen molar-refractivity contribution in [2.75, 3.05) is 19.6 Å². The van der Waals surface area contributed by atoms with E-state index in [0.717, 1.165) is 6.54 Å². The van der Waals surface area contributed by atoms with Crippen LogP contribution in [0.5, 0.6) is 0 Å². The quantitative estimate of drug-likeness (QED) is 0.495. The highest BCUT2D eigenvalue weighted by molar-refractivity contribution is 7.13. The number of hydrogen-bond acceptors (Lipinski definition) is 4. The fourth-order valence-corrected chi connectivity index (χ4v) is 1.48. The molecular weight excluding hydrogens is 225 g/mol. The van der Waals surface area contributed by atoms with Gasteiger partial charge in [0.1, 0.15) is 5.78 Å². The van der Waals surface area contributed by atoms with Crippen LogP contribution >= 0.6 is 9.39 Å². The van der Waals surface area contributed by atoms with Crippen LogP contribution in [0.2, 0.25) is 0 Å². The summed E-state index contributed by atoms with van der Waals surface area (Å²) >= 11 is 0. The number of likely N-dealkylation sites (N-methyl/N-ethyl adjacent to an activating group) is 1. The molecule has 1 amide bonds. The lowest BCUT2D eigenvalue weighted by atomic mass is 10.2. The van der Waals surface area contributed by atoms with E-state index in [0.29, 0.717) is 25.9 Å². The number of carbonyl (C=O) groups excluding carboxylic acids is 2. The second kappa shape index (κ2) is 9.70. The van der Waals surface area contributed by atoms with E-state index in [1.54, 1.807) is 0 Å². The molecule has 2 atom stereocenters. The molecule has 3 N–H and O–H groups in total. The third kappa shape index (κ3) is 6.88. The van der Waals surface area contributed by atoms with E-state index in [2.05, 4.69) is 25.1 Å². The average Bonchev–Trinajstić information content (AvgIpc) is 2.28. The van der Waals surface area contributed by atoms with Crippen molar-refractivity contribution >= 4 is 21.1 Å². The van der Waals surface area contributed by atoms with Crippen molar-refractivity contribution in [3.8, 4) is 0 Å². The van der Waals surface area contributed by atoms with Crippen LogP contribution in [0, 0.1) is 0 Å². The number of ketones is 1. The SMILES string of the molecule is CCNC(CNP)C(=O)NCCC(=O)CC. The summed E-state index contributed by atoms with van der Waals surface area (Å²) < 4.78 is 0. The standard InChI is InChI=1S/C10H22N3O2P/c1-3-8(14)5-6-12-10(15)9(7-13-16)11-4-2/h9,11,13H,3-7,16H2,1-2H3,(H,12,15). The van der Waals surface area contributed by atoms with Crippen LogP contribution in [0.3, 0.4) is 0 Å². The van der Waals surface area contributed by atoms with E-state index in [9.17, 15) is 9.59 Å². The summed E-state index contributed by atoms with van der Waals surface area (Å²) in [4.78, 5) is 22.7. The van der Waals surface area contributed by atoms with Gasteiger partial charge in [0.2, 0.25) is 5.91 Å². The molecule has 0 aliphatic heterocycles. The molecule has 0 aromatic heterocycles. The zero-order chi connectivity index (χ0) is 12.4. The van der Waals surface area contributed by atoms with Gasteiger partial charge < -0.3 is 10.6 Å². The number of hydrogen-bond donors (Lipinski definition) is 3. The molecule has 6 heteroatoms. The van der Waals surface area contributed by atoms with Gasteiger partial charge in [-0.25, -0.2) is 0 Å². The fourth-order valence-electron chi connectivity index (χ4n) is 1.25. The molecule has 2 unspecified atom stereocenters. The van der Waals surface area contributed by atoms with Gasteiger partial charge in [0.25, 0.3) is 0 Å². The summed E-state index contributed by atoms with van der Waals surface area (Å²) in [6.45, 7) is 5.47. The summed E-state index contributed by atoms with van der Waals surface area (Å²) in [5.74, 6) is 0.102. The number of nitrogens with one attached hydrogen (secondary N) is 3. The van der Waals surface area contributed by atoms with Gasteiger partial charge in [-0.2, -0.15) is 0 Å². The molecule has 0 spiro atoms. The van der Waals surface area contributed by atoms with Crippen LogP contribution < -0.4 is 15.7 Å². The first-order valence-corrected chi connectivity index (χ1v) is 6.19. The Morgan fingerprint density at radius 3 is 2.50 bits per heavy atom. The minimum atomic E-state index is -0.251. The second-order valence-corrected chi connectivity index (χ2v) is 3.86. The van der Waals surface area contributed by atoms with Gasteiger partial charge in [-0.15, -0.1) is 0 Å². The zero-order valence-corrected chi connectivity index (χ0v) is 11.2. The first-order valence-electron chi connectivity index (χ1n) is 5.61. The maximum absolute atomic E-state index is 11.7. The van der Waals surface area contributed by atoms with Crippen molar-refractivity contribution in [1.82, 2.24) is 15.7 Å². The van der Waals surface area contributed by atoms with Crippen molar-refractivity contribution in [3.05, 3.63) is 0 Å². The Morgan fingerprint density at radius 2 is 2.00 bits per heavy atom. The number of Topliss-reactive ketones (excluding diaryl/α,β-unsaturated/α-hetero) is 1. The lowest BCUT2D eigenvalue weighted by molar-refractivity contribution is -0.123. The van der Waals surface area contributed by atoms with Crippen LogP contribution in [0.25, 0.3) is 0 Å². The van der Waals surface area contributed by atoms with Crippen molar-refractivity contribution < 1.29 is 9.59 Å². The third-order valence-corrected chi connectivity index (χ3v) is 2.42. The fraction of sp³-hybridized carbons (Fsp3) is 0.800. The van der Waals surface area contributed by atoms with Crippen LogP contribution in [-0.4, -0.2) is 37.4 Å². The van der Waals surface area contributed by atoms with E-state index < -0.39 is 0 Å². The molecule has 5 nitrogen and oxygen atoms in total.